The number of rotatable bonds is 5. The number of ether oxygens (including phenoxy) is 2. The van der Waals surface area contributed by atoms with Gasteiger partial charge in [-0.05, 0) is 24.3 Å². The Hall–Kier alpha value is -2.93. The van der Waals surface area contributed by atoms with Crippen molar-refractivity contribution in [3.63, 3.8) is 0 Å². The second-order valence-electron chi connectivity index (χ2n) is 4.73. The molecule has 1 aromatic carbocycles. The Labute approximate surface area is 133 Å². The lowest BCUT2D eigenvalue weighted by molar-refractivity contribution is 0.277. The number of aliphatic hydroxyl groups excluding tert-OH is 1. The molecule has 0 spiro atoms. The van der Waals surface area contributed by atoms with E-state index in [1.807, 2.05) is 12.1 Å². The number of methoxy groups -OCH3 is 2. The minimum atomic E-state index is -0.218. The number of hydrogen-bond donors (Lipinski definition) is 1. The fourth-order valence-corrected chi connectivity index (χ4v) is 2.35. The van der Waals surface area contributed by atoms with Gasteiger partial charge in [0, 0.05) is 24.0 Å². The van der Waals surface area contributed by atoms with Crippen LogP contribution in [-0.2, 0) is 6.61 Å². The molecular formula is C16H16N4O3. The van der Waals surface area contributed by atoms with Gasteiger partial charge in [-0.15, -0.1) is 5.10 Å². The molecular weight excluding hydrogens is 296 g/mol. The summed E-state index contributed by atoms with van der Waals surface area (Å²) in [5.41, 5.74) is 2.67. The highest BCUT2D eigenvalue weighted by Gasteiger charge is 2.18. The highest BCUT2D eigenvalue weighted by molar-refractivity contribution is 5.65. The Balaban J connectivity index is 2.24. The van der Waals surface area contributed by atoms with Crippen LogP contribution < -0.4 is 9.47 Å². The molecule has 0 radical (unpaired) electrons. The molecule has 0 amide bonds. The Bertz CT molecular complexity index is 802. The van der Waals surface area contributed by atoms with E-state index in [1.165, 1.54) is 0 Å². The van der Waals surface area contributed by atoms with E-state index in [4.69, 9.17) is 9.47 Å². The van der Waals surface area contributed by atoms with Gasteiger partial charge < -0.3 is 14.6 Å². The lowest BCUT2D eigenvalue weighted by atomic mass is 10.1. The van der Waals surface area contributed by atoms with Crippen LogP contribution in [0.3, 0.4) is 0 Å². The number of aromatic nitrogens is 4. The van der Waals surface area contributed by atoms with Gasteiger partial charge in [-0.3, -0.25) is 4.98 Å². The van der Waals surface area contributed by atoms with Crippen molar-refractivity contribution in [1.29, 1.82) is 0 Å². The summed E-state index contributed by atoms with van der Waals surface area (Å²) in [7, 11) is 3.18. The molecule has 0 bridgehead atoms. The first-order valence-corrected chi connectivity index (χ1v) is 6.96. The van der Waals surface area contributed by atoms with Gasteiger partial charge in [-0.1, -0.05) is 5.21 Å². The van der Waals surface area contributed by atoms with E-state index < -0.39 is 0 Å². The molecule has 0 aliphatic carbocycles. The van der Waals surface area contributed by atoms with E-state index in [-0.39, 0.29) is 6.61 Å². The highest BCUT2D eigenvalue weighted by Crippen LogP contribution is 2.32. The summed E-state index contributed by atoms with van der Waals surface area (Å²) in [6.07, 6.45) is 3.35. The maximum Gasteiger partial charge on any atom is 0.144 e. The van der Waals surface area contributed by atoms with Gasteiger partial charge in [0.2, 0.25) is 0 Å². The van der Waals surface area contributed by atoms with Crippen molar-refractivity contribution in [3.8, 4) is 28.4 Å². The lowest BCUT2D eigenvalue weighted by Crippen LogP contribution is -2.03. The lowest BCUT2D eigenvalue weighted by Gasteiger charge is -2.13. The number of nitrogens with zero attached hydrogens (tertiary/aromatic N) is 4. The molecule has 0 aliphatic rings. The molecule has 118 valence electrons. The molecule has 7 nitrogen and oxygen atoms in total. The normalized spacial score (nSPS) is 10.6. The van der Waals surface area contributed by atoms with Crippen LogP contribution in [0.5, 0.6) is 11.5 Å². The van der Waals surface area contributed by atoms with Crippen LogP contribution in [0.15, 0.2) is 42.7 Å². The molecule has 0 aliphatic heterocycles. The highest BCUT2D eigenvalue weighted by atomic mass is 16.5. The van der Waals surface area contributed by atoms with Crippen LogP contribution in [0.4, 0.5) is 0 Å². The van der Waals surface area contributed by atoms with Gasteiger partial charge >= 0.3 is 0 Å². The summed E-state index contributed by atoms with van der Waals surface area (Å²) in [6.45, 7) is -0.218. The van der Waals surface area contributed by atoms with E-state index in [1.54, 1.807) is 49.5 Å². The number of pyridine rings is 1. The van der Waals surface area contributed by atoms with Gasteiger partial charge in [-0.2, -0.15) is 0 Å². The Kier molecular flexibility index (Phi) is 4.20. The minimum Gasteiger partial charge on any atom is -0.497 e. The Morgan fingerprint density at radius 2 is 1.87 bits per heavy atom. The molecule has 0 atom stereocenters. The zero-order chi connectivity index (χ0) is 16.2. The van der Waals surface area contributed by atoms with E-state index in [9.17, 15) is 5.11 Å². The van der Waals surface area contributed by atoms with Gasteiger partial charge in [0.1, 0.15) is 28.6 Å². The summed E-state index contributed by atoms with van der Waals surface area (Å²) in [4.78, 5) is 4.02. The third-order valence-electron chi connectivity index (χ3n) is 3.46. The Morgan fingerprint density at radius 1 is 1.09 bits per heavy atom. The summed E-state index contributed by atoms with van der Waals surface area (Å²) < 4.78 is 12.3. The molecule has 0 saturated carbocycles. The Morgan fingerprint density at radius 3 is 2.52 bits per heavy atom. The fourth-order valence-electron chi connectivity index (χ4n) is 2.35. The second kappa shape index (κ2) is 6.45. The molecule has 0 fully saturated rings. The fraction of sp³-hybridized carbons (Fsp3) is 0.188. The topological polar surface area (TPSA) is 82.3 Å². The summed E-state index contributed by atoms with van der Waals surface area (Å²) >= 11 is 0. The van der Waals surface area contributed by atoms with E-state index in [0.29, 0.717) is 28.6 Å². The predicted octanol–water partition coefficient (Wildman–Crippen LogP) is 1.84. The van der Waals surface area contributed by atoms with Crippen LogP contribution >= 0.6 is 0 Å². The first-order valence-electron chi connectivity index (χ1n) is 6.96. The summed E-state index contributed by atoms with van der Waals surface area (Å²) in [6, 6.07) is 9.07. The van der Waals surface area contributed by atoms with Crippen molar-refractivity contribution in [2.24, 2.45) is 0 Å². The van der Waals surface area contributed by atoms with Gasteiger partial charge in [0.15, 0.2) is 0 Å². The molecule has 7 heteroatoms. The number of aliphatic hydroxyl groups is 1. The smallest absolute Gasteiger partial charge is 0.144 e. The molecule has 3 aromatic rings. The van der Waals surface area contributed by atoms with Crippen molar-refractivity contribution in [1.82, 2.24) is 20.0 Å². The van der Waals surface area contributed by atoms with Gasteiger partial charge in [0.05, 0.1) is 20.8 Å². The summed E-state index contributed by atoms with van der Waals surface area (Å²) in [5, 5.41) is 17.8. The standard InChI is InChI=1S/C16H16N4O3/c1-22-12-3-4-15(23-2)14(9-12)20-16(13(10-21)18-19-20)11-5-7-17-8-6-11/h3-9,21H,10H2,1-2H3. The molecule has 0 saturated heterocycles. The van der Waals surface area contributed by atoms with E-state index >= 15 is 0 Å². The maximum absolute atomic E-state index is 9.58. The van der Waals surface area contributed by atoms with Crippen LogP contribution in [0, 0.1) is 0 Å². The van der Waals surface area contributed by atoms with Crippen molar-refractivity contribution >= 4 is 0 Å². The quantitative estimate of drug-likeness (QED) is 0.774. The average molecular weight is 312 g/mol. The molecule has 2 heterocycles. The largest absolute Gasteiger partial charge is 0.497 e. The van der Waals surface area contributed by atoms with Crippen LogP contribution in [-0.4, -0.2) is 39.3 Å². The van der Waals surface area contributed by atoms with Gasteiger partial charge in [-0.25, -0.2) is 4.68 Å². The first kappa shape index (κ1) is 15.0. The summed E-state index contributed by atoms with van der Waals surface area (Å²) in [5.74, 6) is 1.29. The average Bonchev–Trinajstić information content (AvgIpc) is 3.05. The van der Waals surface area contributed by atoms with Crippen molar-refractivity contribution < 1.29 is 14.6 Å². The minimum absolute atomic E-state index is 0.218. The molecule has 0 unspecified atom stereocenters. The molecule has 3 rings (SSSR count). The molecule has 2 aromatic heterocycles. The molecule has 23 heavy (non-hydrogen) atoms. The first-order chi connectivity index (χ1) is 11.3. The third kappa shape index (κ3) is 2.74. The van der Waals surface area contributed by atoms with Gasteiger partial charge in [0.25, 0.3) is 0 Å². The van der Waals surface area contributed by atoms with Crippen LogP contribution in [0.25, 0.3) is 16.9 Å². The predicted molar refractivity (Wildman–Crippen MR) is 83.6 cm³/mol. The number of hydrogen-bond acceptors (Lipinski definition) is 6. The number of benzene rings is 1. The zero-order valence-electron chi connectivity index (χ0n) is 12.8. The third-order valence-corrected chi connectivity index (χ3v) is 3.46. The van der Waals surface area contributed by atoms with Crippen LogP contribution in [0.2, 0.25) is 0 Å². The zero-order valence-corrected chi connectivity index (χ0v) is 12.8. The monoisotopic (exact) mass is 312 g/mol. The SMILES string of the molecule is COc1ccc(OC)c(-n2nnc(CO)c2-c2ccncc2)c1. The van der Waals surface area contributed by atoms with E-state index in [0.717, 1.165) is 5.56 Å². The van der Waals surface area contributed by atoms with Crippen molar-refractivity contribution in [3.05, 3.63) is 48.4 Å². The van der Waals surface area contributed by atoms with E-state index in [2.05, 4.69) is 15.3 Å². The van der Waals surface area contributed by atoms with Crippen molar-refractivity contribution in [2.75, 3.05) is 14.2 Å². The maximum atomic E-state index is 9.58. The second-order valence-corrected chi connectivity index (χ2v) is 4.73. The molecule has 1 N–H and O–H groups in total. The van der Waals surface area contributed by atoms with Crippen molar-refractivity contribution in [2.45, 2.75) is 6.61 Å². The van der Waals surface area contributed by atoms with Crippen LogP contribution in [0.1, 0.15) is 5.69 Å².